The van der Waals surface area contributed by atoms with Crippen LogP contribution in [-0.2, 0) is 0 Å². The van der Waals surface area contributed by atoms with E-state index in [0.717, 1.165) is 18.2 Å². The molecule has 1 nitrogen and oxygen atoms in total. The van der Waals surface area contributed by atoms with Crippen molar-refractivity contribution in [2.75, 3.05) is 17.6 Å². The van der Waals surface area contributed by atoms with Crippen molar-refractivity contribution in [3.8, 4) is 0 Å². The molecule has 1 fully saturated rings. The van der Waals surface area contributed by atoms with Crippen molar-refractivity contribution >= 4 is 18.3 Å². The molecule has 88 valence electrons. The van der Waals surface area contributed by atoms with Gasteiger partial charge in [0, 0.05) is 18.0 Å². The maximum Gasteiger partial charge on any atom is 0.0340 e. The Morgan fingerprint density at radius 2 is 1.75 bits per heavy atom. The van der Waals surface area contributed by atoms with Crippen molar-refractivity contribution in [1.29, 1.82) is 0 Å². The van der Waals surface area contributed by atoms with Crippen LogP contribution in [0.15, 0.2) is 24.3 Å². The van der Waals surface area contributed by atoms with Crippen molar-refractivity contribution in [3.05, 3.63) is 29.8 Å². The van der Waals surface area contributed by atoms with Crippen LogP contribution in [0.5, 0.6) is 0 Å². The van der Waals surface area contributed by atoms with Crippen molar-refractivity contribution in [3.63, 3.8) is 0 Å². The fourth-order valence-corrected chi connectivity index (χ4v) is 2.62. The topological polar surface area (TPSA) is 12.0 Å². The summed E-state index contributed by atoms with van der Waals surface area (Å²) >= 11 is 4.19. The second kappa shape index (κ2) is 6.19. The van der Waals surface area contributed by atoms with Crippen molar-refractivity contribution in [1.82, 2.24) is 0 Å². The van der Waals surface area contributed by atoms with E-state index in [1.165, 1.54) is 43.4 Å². The summed E-state index contributed by atoms with van der Waals surface area (Å²) in [5, 5.41) is 3.35. The van der Waals surface area contributed by atoms with Crippen LogP contribution in [-0.4, -0.2) is 12.3 Å². The third-order valence-electron chi connectivity index (χ3n) is 3.43. The Morgan fingerprint density at radius 1 is 1.06 bits per heavy atom. The molecule has 1 aromatic rings. The summed E-state index contributed by atoms with van der Waals surface area (Å²) in [6, 6.07) is 8.98. The lowest BCUT2D eigenvalue weighted by molar-refractivity contribution is 0.443. The average molecular weight is 235 g/mol. The highest BCUT2D eigenvalue weighted by Crippen LogP contribution is 2.32. The van der Waals surface area contributed by atoms with Crippen LogP contribution in [0, 0.1) is 0 Å². The zero-order valence-corrected chi connectivity index (χ0v) is 10.7. The maximum atomic E-state index is 4.19. The van der Waals surface area contributed by atoms with Gasteiger partial charge in [0.2, 0.25) is 0 Å². The van der Waals surface area contributed by atoms with E-state index < -0.39 is 0 Å². The fourth-order valence-electron chi connectivity index (χ4n) is 2.51. The monoisotopic (exact) mass is 235 g/mol. The van der Waals surface area contributed by atoms with Gasteiger partial charge in [0.25, 0.3) is 0 Å². The van der Waals surface area contributed by atoms with E-state index >= 15 is 0 Å². The number of thiol groups is 1. The van der Waals surface area contributed by atoms with E-state index in [9.17, 15) is 0 Å². The third-order valence-corrected chi connectivity index (χ3v) is 3.65. The standard InChI is InChI=1S/C14H21NS/c16-11-10-15-14-8-6-13(7-9-14)12-4-2-1-3-5-12/h6-9,12,15-16H,1-5,10-11H2. The Hall–Kier alpha value is -0.630. The molecule has 0 spiro atoms. The van der Waals surface area contributed by atoms with E-state index in [-0.39, 0.29) is 0 Å². The first-order valence-electron chi connectivity index (χ1n) is 6.35. The van der Waals surface area contributed by atoms with Crippen molar-refractivity contribution < 1.29 is 0 Å². The molecular weight excluding hydrogens is 214 g/mol. The first-order valence-corrected chi connectivity index (χ1v) is 6.98. The van der Waals surface area contributed by atoms with Crippen LogP contribution in [0.3, 0.4) is 0 Å². The molecule has 0 amide bonds. The lowest BCUT2D eigenvalue weighted by Gasteiger charge is -2.22. The number of rotatable bonds is 4. The predicted octanol–water partition coefficient (Wildman–Crippen LogP) is 4.08. The molecule has 1 aliphatic rings. The highest BCUT2D eigenvalue weighted by atomic mass is 32.1. The average Bonchev–Trinajstić information content (AvgIpc) is 2.38. The van der Waals surface area contributed by atoms with Crippen LogP contribution in [0.4, 0.5) is 5.69 Å². The predicted molar refractivity (Wildman–Crippen MR) is 74.6 cm³/mol. The minimum atomic E-state index is 0.813. The molecule has 1 N–H and O–H groups in total. The molecule has 0 radical (unpaired) electrons. The fraction of sp³-hybridized carbons (Fsp3) is 0.571. The number of hydrogen-bond acceptors (Lipinski definition) is 2. The number of nitrogens with one attached hydrogen (secondary N) is 1. The summed E-state index contributed by atoms with van der Waals surface area (Å²) in [4.78, 5) is 0. The molecule has 16 heavy (non-hydrogen) atoms. The van der Waals surface area contributed by atoms with Gasteiger partial charge in [0.1, 0.15) is 0 Å². The van der Waals surface area contributed by atoms with Crippen LogP contribution < -0.4 is 5.32 Å². The number of hydrogen-bond donors (Lipinski definition) is 2. The molecule has 0 unspecified atom stereocenters. The third kappa shape index (κ3) is 3.18. The SMILES string of the molecule is SCCNc1ccc(C2CCCCC2)cc1. The van der Waals surface area contributed by atoms with Gasteiger partial charge < -0.3 is 5.32 Å². The minimum absolute atomic E-state index is 0.813. The summed E-state index contributed by atoms with van der Waals surface area (Å²) in [7, 11) is 0. The molecule has 0 heterocycles. The molecule has 0 saturated heterocycles. The Balaban J connectivity index is 1.95. The normalized spacial score (nSPS) is 17.3. The van der Waals surface area contributed by atoms with E-state index in [4.69, 9.17) is 0 Å². The largest absolute Gasteiger partial charge is 0.384 e. The molecule has 0 aromatic heterocycles. The van der Waals surface area contributed by atoms with Crippen LogP contribution >= 0.6 is 12.6 Å². The van der Waals surface area contributed by atoms with Crippen LogP contribution in [0.2, 0.25) is 0 Å². The second-order valence-corrected chi connectivity index (χ2v) is 5.05. The molecule has 1 aliphatic carbocycles. The number of anilines is 1. The van der Waals surface area contributed by atoms with Gasteiger partial charge in [-0.3, -0.25) is 0 Å². The van der Waals surface area contributed by atoms with Gasteiger partial charge in [-0.15, -0.1) is 0 Å². The maximum absolute atomic E-state index is 4.19. The summed E-state index contributed by atoms with van der Waals surface area (Å²) in [6.07, 6.45) is 7.00. The molecule has 2 heteroatoms. The van der Waals surface area contributed by atoms with Crippen molar-refractivity contribution in [2.45, 2.75) is 38.0 Å². The summed E-state index contributed by atoms with van der Waals surface area (Å²) < 4.78 is 0. The molecule has 0 aliphatic heterocycles. The molecule has 1 saturated carbocycles. The zero-order chi connectivity index (χ0) is 11.2. The van der Waals surface area contributed by atoms with Gasteiger partial charge in [-0.25, -0.2) is 0 Å². The first-order chi connectivity index (χ1) is 7.90. The number of benzene rings is 1. The Labute approximate surface area is 104 Å². The molecule has 1 aromatic carbocycles. The van der Waals surface area contributed by atoms with Crippen LogP contribution in [0.25, 0.3) is 0 Å². The van der Waals surface area contributed by atoms with Gasteiger partial charge in [0.05, 0.1) is 0 Å². The quantitative estimate of drug-likeness (QED) is 0.749. The summed E-state index contributed by atoms with van der Waals surface area (Å²) in [6.45, 7) is 0.936. The smallest absolute Gasteiger partial charge is 0.0340 e. The highest BCUT2D eigenvalue weighted by Gasteiger charge is 2.14. The lowest BCUT2D eigenvalue weighted by atomic mass is 9.84. The van der Waals surface area contributed by atoms with E-state index in [1.54, 1.807) is 0 Å². The molecule has 0 bridgehead atoms. The second-order valence-electron chi connectivity index (χ2n) is 4.61. The van der Waals surface area contributed by atoms with Gasteiger partial charge >= 0.3 is 0 Å². The van der Waals surface area contributed by atoms with Crippen LogP contribution in [0.1, 0.15) is 43.6 Å². The van der Waals surface area contributed by atoms with Gasteiger partial charge in [-0.05, 0) is 36.5 Å². The van der Waals surface area contributed by atoms with Gasteiger partial charge in [0.15, 0.2) is 0 Å². The van der Waals surface area contributed by atoms with E-state index in [2.05, 4.69) is 42.2 Å². The Bertz CT molecular complexity index is 301. The zero-order valence-electron chi connectivity index (χ0n) is 9.78. The molecular formula is C14H21NS. The van der Waals surface area contributed by atoms with Gasteiger partial charge in [-0.2, -0.15) is 12.6 Å². The highest BCUT2D eigenvalue weighted by molar-refractivity contribution is 7.80. The minimum Gasteiger partial charge on any atom is -0.384 e. The first kappa shape index (κ1) is 11.8. The van der Waals surface area contributed by atoms with E-state index in [0.29, 0.717) is 0 Å². The van der Waals surface area contributed by atoms with E-state index in [1.807, 2.05) is 0 Å². The molecule has 0 atom stereocenters. The Kier molecular flexibility index (Phi) is 4.58. The lowest BCUT2D eigenvalue weighted by Crippen LogP contribution is -2.05. The molecule has 2 rings (SSSR count). The Morgan fingerprint density at radius 3 is 2.38 bits per heavy atom. The summed E-state index contributed by atoms with van der Waals surface area (Å²) in [5.74, 6) is 1.69. The summed E-state index contributed by atoms with van der Waals surface area (Å²) in [5.41, 5.74) is 2.74. The van der Waals surface area contributed by atoms with Crippen molar-refractivity contribution in [2.24, 2.45) is 0 Å². The van der Waals surface area contributed by atoms with Gasteiger partial charge in [-0.1, -0.05) is 31.4 Å².